The Morgan fingerprint density at radius 2 is 1.63 bits per heavy atom. The number of nitrogens with zero attached hydrogens (tertiary/aromatic N) is 1. The first-order valence-corrected chi connectivity index (χ1v) is 17.7. The Kier molecular flexibility index (Phi) is 8.88. The predicted octanol–water partition coefficient (Wildman–Crippen LogP) is 5.20. The summed E-state index contributed by atoms with van der Waals surface area (Å²) in [6.45, 7) is 19.1. The van der Waals surface area contributed by atoms with Crippen LogP contribution in [0.4, 0.5) is 0 Å². The minimum atomic E-state index is -1.56. The summed E-state index contributed by atoms with van der Waals surface area (Å²) in [5.74, 6) is 0.969. The lowest BCUT2D eigenvalue weighted by Gasteiger charge is -2.39. The fourth-order valence-corrected chi connectivity index (χ4v) is 12.2. The van der Waals surface area contributed by atoms with Crippen LogP contribution in [0.1, 0.15) is 37.0 Å². The number of carbonyl (C=O) groups is 1. The number of morpholine rings is 1. The van der Waals surface area contributed by atoms with E-state index in [0.29, 0.717) is 19.8 Å². The normalized spacial score (nSPS) is 16.5. The van der Waals surface area contributed by atoms with Gasteiger partial charge in [-0.25, -0.2) is 0 Å². The summed E-state index contributed by atoms with van der Waals surface area (Å²) >= 11 is 0. The average Bonchev–Trinajstić information content (AvgIpc) is 2.66. The zero-order chi connectivity index (χ0) is 22.4. The molecule has 2 rings (SSSR count). The molecular weight excluding hydrogens is 410 g/mol. The third-order valence-corrected chi connectivity index (χ3v) is 11.7. The minimum absolute atomic E-state index is 0.144. The van der Waals surface area contributed by atoms with Crippen LogP contribution in [0.25, 0.3) is 0 Å². The molecule has 0 spiro atoms. The van der Waals surface area contributed by atoms with Gasteiger partial charge < -0.3 is 13.6 Å². The van der Waals surface area contributed by atoms with Gasteiger partial charge in [0.1, 0.15) is 5.75 Å². The van der Waals surface area contributed by atoms with Crippen molar-refractivity contribution in [2.24, 2.45) is 0 Å². The Labute approximate surface area is 185 Å². The fourth-order valence-electron chi connectivity index (χ4n) is 4.04. The van der Waals surface area contributed by atoms with E-state index >= 15 is 0 Å². The second-order valence-electron chi connectivity index (χ2n) is 10.3. The maximum absolute atomic E-state index is 13.0. The molecule has 5 nitrogen and oxygen atoms in total. The molecule has 0 bridgehead atoms. The van der Waals surface area contributed by atoms with E-state index in [0.717, 1.165) is 37.2 Å². The molecule has 1 aliphatic heterocycles. The largest absolute Gasteiger partial charge is 0.494 e. The maximum Gasteiger partial charge on any atom is 0.182 e. The molecule has 7 heteroatoms. The summed E-state index contributed by atoms with van der Waals surface area (Å²) in [6, 6.07) is 8.77. The van der Waals surface area contributed by atoms with Gasteiger partial charge in [-0.1, -0.05) is 6.42 Å². The molecule has 1 fully saturated rings. The highest BCUT2D eigenvalue weighted by atomic mass is 28.4. The number of rotatable bonds is 11. The lowest BCUT2D eigenvalue weighted by Crippen LogP contribution is -2.54. The summed E-state index contributed by atoms with van der Waals surface area (Å²) < 4.78 is 17.7. The minimum Gasteiger partial charge on any atom is -0.494 e. The maximum atomic E-state index is 13.0. The van der Waals surface area contributed by atoms with Gasteiger partial charge in [0.15, 0.2) is 22.4 Å². The number of unbranched alkanes of at least 4 members (excludes halogenated alkanes) is 1. The fraction of sp³-hybridized carbons (Fsp3) is 0.696. The van der Waals surface area contributed by atoms with Crippen molar-refractivity contribution in [3.05, 3.63) is 29.8 Å². The van der Waals surface area contributed by atoms with Crippen molar-refractivity contribution in [1.29, 1.82) is 0 Å². The Morgan fingerprint density at radius 1 is 1.03 bits per heavy atom. The van der Waals surface area contributed by atoms with Crippen LogP contribution in [0.2, 0.25) is 38.8 Å². The molecule has 1 aliphatic rings. The molecule has 0 unspecified atom stereocenters. The molecule has 0 amide bonds. The SMILES string of the molecule is CC(C)(C(=O)c1ccc(OCCCC[Si](C)(C)O[Si](C)(C)C)cc1)N1CCOCC1. The van der Waals surface area contributed by atoms with Crippen LogP contribution < -0.4 is 4.74 Å². The standard InChI is InChI=1S/C23H41NO4Si2/c1-23(2,24-14-17-26-18-15-24)22(25)20-10-12-21(13-11-20)27-16-8-9-19-30(6,7)28-29(3,4)5/h10-13H,8-9,14-19H2,1-7H3. The van der Waals surface area contributed by atoms with Gasteiger partial charge in [0, 0.05) is 18.7 Å². The van der Waals surface area contributed by atoms with E-state index in [1.54, 1.807) is 0 Å². The summed E-state index contributed by atoms with van der Waals surface area (Å²) in [4.78, 5) is 15.2. The van der Waals surface area contributed by atoms with Gasteiger partial charge in [-0.15, -0.1) is 0 Å². The molecule has 1 aromatic carbocycles. The third kappa shape index (κ3) is 7.92. The van der Waals surface area contributed by atoms with E-state index in [2.05, 4.69) is 37.6 Å². The Morgan fingerprint density at radius 3 is 2.20 bits per heavy atom. The van der Waals surface area contributed by atoms with Crippen LogP contribution in [0.5, 0.6) is 5.75 Å². The number of ether oxygens (including phenoxy) is 2. The van der Waals surface area contributed by atoms with E-state index in [1.165, 1.54) is 6.04 Å². The zero-order valence-corrected chi connectivity index (χ0v) is 22.0. The quantitative estimate of drug-likeness (QED) is 0.263. The monoisotopic (exact) mass is 451 g/mol. The molecule has 0 radical (unpaired) electrons. The van der Waals surface area contributed by atoms with Gasteiger partial charge in [0.2, 0.25) is 0 Å². The Balaban J connectivity index is 1.78. The molecule has 1 saturated heterocycles. The Hall–Kier alpha value is -0.996. The first kappa shape index (κ1) is 25.3. The van der Waals surface area contributed by atoms with Crippen LogP contribution in [-0.2, 0) is 8.85 Å². The number of benzene rings is 1. The third-order valence-electron chi connectivity index (χ3n) is 5.50. The highest BCUT2D eigenvalue weighted by Crippen LogP contribution is 2.24. The van der Waals surface area contributed by atoms with Crippen molar-refractivity contribution >= 4 is 22.4 Å². The topological polar surface area (TPSA) is 48.0 Å². The average molecular weight is 452 g/mol. The highest BCUT2D eigenvalue weighted by molar-refractivity contribution is 6.84. The van der Waals surface area contributed by atoms with Crippen molar-refractivity contribution < 1.29 is 18.4 Å². The highest BCUT2D eigenvalue weighted by Gasteiger charge is 2.35. The van der Waals surface area contributed by atoms with Gasteiger partial charge in [-0.3, -0.25) is 9.69 Å². The van der Waals surface area contributed by atoms with Crippen molar-refractivity contribution in [2.75, 3.05) is 32.9 Å². The lowest BCUT2D eigenvalue weighted by molar-refractivity contribution is -0.00429. The number of hydrogen-bond donors (Lipinski definition) is 0. The summed E-state index contributed by atoms with van der Waals surface area (Å²) in [5, 5.41) is 0. The van der Waals surface area contributed by atoms with E-state index in [9.17, 15) is 4.79 Å². The lowest BCUT2D eigenvalue weighted by atomic mass is 9.91. The summed E-state index contributed by atoms with van der Waals surface area (Å²) in [5.41, 5.74) is 0.205. The van der Waals surface area contributed by atoms with Crippen LogP contribution in [-0.4, -0.2) is 65.8 Å². The molecule has 1 aromatic rings. The van der Waals surface area contributed by atoms with Crippen molar-refractivity contribution in [3.8, 4) is 5.75 Å². The van der Waals surface area contributed by atoms with E-state index in [4.69, 9.17) is 13.6 Å². The van der Waals surface area contributed by atoms with Crippen LogP contribution in [0.15, 0.2) is 24.3 Å². The van der Waals surface area contributed by atoms with Crippen molar-refractivity contribution in [2.45, 2.75) is 71.0 Å². The predicted molar refractivity (Wildman–Crippen MR) is 129 cm³/mol. The van der Waals surface area contributed by atoms with Crippen LogP contribution in [0, 0.1) is 0 Å². The van der Waals surface area contributed by atoms with E-state index in [1.807, 2.05) is 38.1 Å². The summed E-state index contributed by atoms with van der Waals surface area (Å²) in [6.07, 6.45) is 2.16. The second kappa shape index (κ2) is 10.5. The molecule has 1 heterocycles. The van der Waals surface area contributed by atoms with Gasteiger partial charge in [-0.2, -0.15) is 0 Å². The van der Waals surface area contributed by atoms with Crippen LogP contribution in [0.3, 0.4) is 0 Å². The molecule has 0 aromatic heterocycles. The van der Waals surface area contributed by atoms with Gasteiger partial charge in [-0.05, 0) is 83.3 Å². The smallest absolute Gasteiger partial charge is 0.182 e. The number of ketones is 1. The van der Waals surface area contributed by atoms with Gasteiger partial charge >= 0.3 is 0 Å². The first-order valence-electron chi connectivity index (χ1n) is 11.2. The molecule has 0 N–H and O–H groups in total. The first-order chi connectivity index (χ1) is 13.9. The van der Waals surface area contributed by atoms with E-state index < -0.39 is 22.2 Å². The number of hydrogen-bond acceptors (Lipinski definition) is 5. The van der Waals surface area contributed by atoms with Gasteiger partial charge in [0.25, 0.3) is 0 Å². The number of carbonyl (C=O) groups excluding carboxylic acids is 1. The molecule has 30 heavy (non-hydrogen) atoms. The van der Waals surface area contributed by atoms with Crippen molar-refractivity contribution in [1.82, 2.24) is 4.90 Å². The molecule has 0 atom stereocenters. The van der Waals surface area contributed by atoms with Crippen molar-refractivity contribution in [3.63, 3.8) is 0 Å². The van der Waals surface area contributed by atoms with Crippen LogP contribution >= 0.6 is 0 Å². The second-order valence-corrected chi connectivity index (χ2v) is 19.4. The zero-order valence-electron chi connectivity index (χ0n) is 20.0. The summed E-state index contributed by atoms with van der Waals surface area (Å²) in [7, 11) is -3.02. The molecule has 0 saturated carbocycles. The molecular formula is C23H41NO4Si2. The number of Topliss-reactive ketones (excluding diaryl/α,β-unsaturated/α-hetero) is 1. The molecule has 170 valence electrons. The van der Waals surface area contributed by atoms with Gasteiger partial charge in [0.05, 0.1) is 25.4 Å². The van der Waals surface area contributed by atoms with E-state index in [-0.39, 0.29) is 5.78 Å². The Bertz CT molecular complexity index is 677. The molecule has 0 aliphatic carbocycles.